The summed E-state index contributed by atoms with van der Waals surface area (Å²) in [6, 6.07) is 7.68. The van der Waals surface area contributed by atoms with Crippen molar-refractivity contribution in [3.05, 3.63) is 24.3 Å². The standard InChI is InChI=1S/C15H26N2O2/c1-4-5-12(2)17(3)10-14(18)11-19-15-8-6-13(16)7-9-15/h6-9,12,14,18H,4-5,10-11,16H2,1-3H3. The molecule has 0 aliphatic carbocycles. The highest BCUT2D eigenvalue weighted by atomic mass is 16.5. The minimum Gasteiger partial charge on any atom is -0.491 e. The first-order valence-corrected chi connectivity index (χ1v) is 6.89. The van der Waals surface area contributed by atoms with E-state index in [1.165, 1.54) is 0 Å². The van der Waals surface area contributed by atoms with Crippen LogP contribution in [-0.4, -0.2) is 42.4 Å². The highest BCUT2D eigenvalue weighted by Gasteiger charge is 2.13. The molecule has 0 aliphatic heterocycles. The number of rotatable bonds is 8. The number of anilines is 1. The predicted octanol–water partition coefficient (Wildman–Crippen LogP) is 2.13. The maximum absolute atomic E-state index is 9.96. The molecule has 4 nitrogen and oxygen atoms in total. The maximum atomic E-state index is 9.96. The van der Waals surface area contributed by atoms with E-state index in [0.29, 0.717) is 24.9 Å². The van der Waals surface area contributed by atoms with Gasteiger partial charge >= 0.3 is 0 Å². The Morgan fingerprint density at radius 2 is 1.95 bits per heavy atom. The van der Waals surface area contributed by atoms with Gasteiger partial charge in [0.05, 0.1) is 0 Å². The zero-order valence-electron chi connectivity index (χ0n) is 12.2. The van der Waals surface area contributed by atoms with Crippen molar-refractivity contribution in [2.75, 3.05) is 25.9 Å². The number of hydrogen-bond acceptors (Lipinski definition) is 4. The van der Waals surface area contributed by atoms with E-state index < -0.39 is 6.10 Å². The molecule has 0 aromatic heterocycles. The Hall–Kier alpha value is -1.26. The number of nitrogens with zero attached hydrogens (tertiary/aromatic N) is 1. The molecule has 4 heteroatoms. The Balaban J connectivity index is 2.31. The molecule has 1 aromatic carbocycles. The van der Waals surface area contributed by atoms with Gasteiger partial charge in [0, 0.05) is 18.3 Å². The average Bonchev–Trinajstić information content (AvgIpc) is 2.38. The van der Waals surface area contributed by atoms with Crippen LogP contribution >= 0.6 is 0 Å². The van der Waals surface area contributed by atoms with Crippen molar-refractivity contribution in [1.29, 1.82) is 0 Å². The summed E-state index contributed by atoms with van der Waals surface area (Å²) in [6.45, 7) is 5.27. The molecule has 0 bridgehead atoms. The number of aliphatic hydroxyl groups excluding tert-OH is 1. The summed E-state index contributed by atoms with van der Waals surface area (Å²) >= 11 is 0. The van der Waals surface area contributed by atoms with E-state index >= 15 is 0 Å². The van der Waals surface area contributed by atoms with E-state index in [2.05, 4.69) is 18.7 Å². The lowest BCUT2D eigenvalue weighted by molar-refractivity contribution is 0.0641. The molecule has 0 amide bonds. The Bertz CT molecular complexity index is 354. The van der Waals surface area contributed by atoms with Crippen molar-refractivity contribution in [3.63, 3.8) is 0 Å². The number of nitrogens with two attached hydrogens (primary N) is 1. The van der Waals surface area contributed by atoms with E-state index in [4.69, 9.17) is 10.5 Å². The fourth-order valence-electron chi connectivity index (χ4n) is 1.96. The quantitative estimate of drug-likeness (QED) is 0.708. The predicted molar refractivity (Wildman–Crippen MR) is 79.4 cm³/mol. The molecule has 0 saturated heterocycles. The smallest absolute Gasteiger partial charge is 0.119 e. The van der Waals surface area contributed by atoms with Crippen LogP contribution in [0.1, 0.15) is 26.7 Å². The van der Waals surface area contributed by atoms with Gasteiger partial charge in [-0.15, -0.1) is 0 Å². The number of aliphatic hydroxyl groups is 1. The van der Waals surface area contributed by atoms with Crippen LogP contribution in [0, 0.1) is 0 Å². The molecule has 0 heterocycles. The number of ether oxygens (including phenoxy) is 1. The Labute approximate surface area is 116 Å². The second-order valence-electron chi connectivity index (χ2n) is 5.11. The molecule has 3 N–H and O–H groups in total. The first kappa shape index (κ1) is 15.8. The van der Waals surface area contributed by atoms with E-state index in [1.54, 1.807) is 12.1 Å². The van der Waals surface area contributed by atoms with E-state index in [9.17, 15) is 5.11 Å². The zero-order valence-corrected chi connectivity index (χ0v) is 12.2. The van der Waals surface area contributed by atoms with Gasteiger partial charge in [0.15, 0.2) is 0 Å². The minimum absolute atomic E-state index is 0.299. The first-order chi connectivity index (χ1) is 9.02. The summed E-state index contributed by atoms with van der Waals surface area (Å²) in [5.41, 5.74) is 6.31. The van der Waals surface area contributed by atoms with Gasteiger partial charge in [-0.05, 0) is 44.7 Å². The van der Waals surface area contributed by atoms with Gasteiger partial charge in [-0.3, -0.25) is 0 Å². The highest BCUT2D eigenvalue weighted by Crippen LogP contribution is 2.13. The van der Waals surface area contributed by atoms with Crippen LogP contribution in [0.5, 0.6) is 5.75 Å². The number of hydrogen-bond donors (Lipinski definition) is 2. The van der Waals surface area contributed by atoms with Gasteiger partial charge in [-0.1, -0.05) is 13.3 Å². The molecular formula is C15H26N2O2. The van der Waals surface area contributed by atoms with Gasteiger partial charge < -0.3 is 20.5 Å². The van der Waals surface area contributed by atoms with E-state index in [0.717, 1.165) is 18.6 Å². The maximum Gasteiger partial charge on any atom is 0.119 e. The van der Waals surface area contributed by atoms with Crippen molar-refractivity contribution in [1.82, 2.24) is 4.90 Å². The van der Waals surface area contributed by atoms with Gasteiger partial charge in [-0.2, -0.15) is 0 Å². The van der Waals surface area contributed by atoms with Crippen molar-refractivity contribution >= 4 is 5.69 Å². The zero-order chi connectivity index (χ0) is 14.3. The molecule has 1 aromatic rings. The van der Waals surface area contributed by atoms with Crippen molar-refractivity contribution in [2.24, 2.45) is 0 Å². The molecule has 0 fully saturated rings. The lowest BCUT2D eigenvalue weighted by Crippen LogP contribution is -2.38. The van der Waals surface area contributed by atoms with Crippen LogP contribution < -0.4 is 10.5 Å². The number of benzene rings is 1. The summed E-state index contributed by atoms with van der Waals surface area (Å²) in [6.07, 6.45) is 1.81. The third-order valence-corrected chi connectivity index (χ3v) is 3.28. The SMILES string of the molecule is CCCC(C)N(C)CC(O)COc1ccc(N)cc1. The van der Waals surface area contributed by atoms with E-state index in [1.807, 2.05) is 19.2 Å². The Kier molecular flexibility index (Phi) is 6.67. The Morgan fingerprint density at radius 1 is 1.32 bits per heavy atom. The van der Waals surface area contributed by atoms with Crippen molar-refractivity contribution < 1.29 is 9.84 Å². The molecule has 2 atom stereocenters. The van der Waals surface area contributed by atoms with Gasteiger partial charge in [0.1, 0.15) is 18.5 Å². The first-order valence-electron chi connectivity index (χ1n) is 6.89. The fraction of sp³-hybridized carbons (Fsp3) is 0.600. The van der Waals surface area contributed by atoms with Crippen LogP contribution in [0.15, 0.2) is 24.3 Å². The van der Waals surface area contributed by atoms with Gasteiger partial charge in [-0.25, -0.2) is 0 Å². The van der Waals surface area contributed by atoms with Gasteiger partial charge in [0.2, 0.25) is 0 Å². The van der Waals surface area contributed by atoms with Crippen LogP contribution in [0.3, 0.4) is 0 Å². The largest absolute Gasteiger partial charge is 0.491 e. The monoisotopic (exact) mass is 266 g/mol. The molecule has 0 spiro atoms. The summed E-state index contributed by atoms with van der Waals surface area (Å²) in [5.74, 6) is 0.734. The minimum atomic E-state index is -0.484. The van der Waals surface area contributed by atoms with Crippen LogP contribution in [0.25, 0.3) is 0 Å². The topological polar surface area (TPSA) is 58.7 Å². The second-order valence-corrected chi connectivity index (χ2v) is 5.11. The Morgan fingerprint density at radius 3 is 2.53 bits per heavy atom. The van der Waals surface area contributed by atoms with Crippen LogP contribution in [0.2, 0.25) is 0 Å². The normalized spacial score (nSPS) is 14.4. The molecule has 108 valence electrons. The molecule has 1 rings (SSSR count). The van der Waals surface area contributed by atoms with Gasteiger partial charge in [0.25, 0.3) is 0 Å². The summed E-state index contributed by atoms with van der Waals surface area (Å²) < 4.78 is 5.53. The number of nitrogen functional groups attached to an aromatic ring is 1. The number of likely N-dealkylation sites (N-methyl/N-ethyl adjacent to an activating group) is 1. The fourth-order valence-corrected chi connectivity index (χ4v) is 1.96. The lowest BCUT2D eigenvalue weighted by atomic mass is 10.1. The lowest BCUT2D eigenvalue weighted by Gasteiger charge is -2.26. The van der Waals surface area contributed by atoms with E-state index in [-0.39, 0.29) is 0 Å². The summed E-state index contributed by atoms with van der Waals surface area (Å²) in [5, 5.41) is 9.96. The molecular weight excluding hydrogens is 240 g/mol. The van der Waals surface area contributed by atoms with Crippen LogP contribution in [0.4, 0.5) is 5.69 Å². The molecule has 0 aliphatic rings. The third-order valence-electron chi connectivity index (χ3n) is 3.28. The average molecular weight is 266 g/mol. The second kappa shape index (κ2) is 8.02. The summed E-state index contributed by atoms with van der Waals surface area (Å²) in [7, 11) is 2.03. The van der Waals surface area contributed by atoms with Crippen molar-refractivity contribution in [3.8, 4) is 5.75 Å². The molecule has 0 radical (unpaired) electrons. The van der Waals surface area contributed by atoms with Crippen molar-refractivity contribution in [2.45, 2.75) is 38.8 Å². The molecule has 19 heavy (non-hydrogen) atoms. The third kappa shape index (κ3) is 5.94. The summed E-state index contributed by atoms with van der Waals surface area (Å²) in [4.78, 5) is 2.17. The molecule has 2 unspecified atom stereocenters. The highest BCUT2D eigenvalue weighted by molar-refractivity contribution is 5.41. The molecule has 0 saturated carbocycles. The van der Waals surface area contributed by atoms with Crippen LogP contribution in [-0.2, 0) is 0 Å².